The number of imidazole rings is 1. The van der Waals surface area contributed by atoms with Crippen molar-refractivity contribution in [2.75, 3.05) is 6.61 Å². The lowest BCUT2D eigenvalue weighted by Crippen LogP contribution is -2.04. The van der Waals surface area contributed by atoms with Crippen LogP contribution in [0.25, 0.3) is 5.82 Å². The molecule has 5 heteroatoms. The van der Waals surface area contributed by atoms with Crippen LogP contribution in [-0.2, 0) is 4.74 Å². The zero-order valence-electron chi connectivity index (χ0n) is 8.83. The highest BCUT2D eigenvalue weighted by molar-refractivity contribution is 5.87. The first-order chi connectivity index (χ1) is 7.81. The molecule has 2 aromatic rings. The maximum Gasteiger partial charge on any atom is 0.358 e. The molecule has 0 aliphatic heterocycles. The normalized spacial score (nSPS) is 10.1. The first kappa shape index (κ1) is 10.4. The van der Waals surface area contributed by atoms with Gasteiger partial charge in [0.25, 0.3) is 0 Å². The maximum absolute atomic E-state index is 11.4. The second-order valence-electron chi connectivity index (χ2n) is 3.07. The second-order valence-corrected chi connectivity index (χ2v) is 3.07. The van der Waals surface area contributed by atoms with Crippen molar-refractivity contribution in [3.63, 3.8) is 0 Å². The van der Waals surface area contributed by atoms with Crippen molar-refractivity contribution in [2.24, 2.45) is 0 Å². The van der Waals surface area contributed by atoms with Gasteiger partial charge in [0.2, 0.25) is 0 Å². The molecule has 16 heavy (non-hydrogen) atoms. The number of ether oxygens (including phenoxy) is 1. The molecule has 2 aromatic heterocycles. The SMILES string of the molecule is CCOC(=O)c1cn(-c2ccccn2)cn1. The fourth-order valence-electron chi connectivity index (χ4n) is 1.27. The number of carbonyl (C=O) groups is 1. The Hall–Kier alpha value is -2.17. The smallest absolute Gasteiger partial charge is 0.358 e. The van der Waals surface area contributed by atoms with E-state index in [2.05, 4.69) is 9.97 Å². The molecule has 0 N–H and O–H groups in total. The minimum atomic E-state index is -0.419. The summed E-state index contributed by atoms with van der Waals surface area (Å²) < 4.78 is 6.51. The summed E-state index contributed by atoms with van der Waals surface area (Å²) >= 11 is 0. The van der Waals surface area contributed by atoms with Crippen LogP contribution in [0.2, 0.25) is 0 Å². The highest BCUT2D eigenvalue weighted by Crippen LogP contribution is 2.05. The van der Waals surface area contributed by atoms with E-state index < -0.39 is 5.97 Å². The van der Waals surface area contributed by atoms with Crippen molar-refractivity contribution in [3.8, 4) is 5.82 Å². The van der Waals surface area contributed by atoms with Gasteiger partial charge < -0.3 is 4.74 Å². The van der Waals surface area contributed by atoms with Gasteiger partial charge in [-0.15, -0.1) is 0 Å². The van der Waals surface area contributed by atoms with Gasteiger partial charge in [-0.3, -0.25) is 4.57 Å². The lowest BCUT2D eigenvalue weighted by Gasteiger charge is -1.98. The summed E-state index contributed by atoms with van der Waals surface area (Å²) in [6.45, 7) is 2.10. The van der Waals surface area contributed by atoms with Crippen LogP contribution in [0.3, 0.4) is 0 Å². The zero-order valence-corrected chi connectivity index (χ0v) is 8.83. The van der Waals surface area contributed by atoms with E-state index in [-0.39, 0.29) is 5.69 Å². The first-order valence-corrected chi connectivity index (χ1v) is 4.93. The summed E-state index contributed by atoms with van der Waals surface area (Å²) in [6.07, 6.45) is 4.81. The monoisotopic (exact) mass is 217 g/mol. The Labute approximate surface area is 92.7 Å². The molecule has 0 aliphatic carbocycles. The van der Waals surface area contributed by atoms with E-state index in [1.165, 1.54) is 6.33 Å². The van der Waals surface area contributed by atoms with Crippen molar-refractivity contribution in [1.82, 2.24) is 14.5 Å². The molecule has 0 radical (unpaired) electrons. The van der Waals surface area contributed by atoms with Crippen molar-refractivity contribution in [1.29, 1.82) is 0 Å². The third kappa shape index (κ3) is 2.08. The largest absolute Gasteiger partial charge is 0.461 e. The van der Waals surface area contributed by atoms with Gasteiger partial charge in [0.15, 0.2) is 5.69 Å². The lowest BCUT2D eigenvalue weighted by atomic mass is 10.4. The van der Waals surface area contributed by atoms with Gasteiger partial charge in [-0.05, 0) is 19.1 Å². The van der Waals surface area contributed by atoms with Crippen LogP contribution in [0.5, 0.6) is 0 Å². The third-order valence-corrected chi connectivity index (χ3v) is 1.98. The zero-order chi connectivity index (χ0) is 11.4. The molecule has 82 valence electrons. The van der Waals surface area contributed by atoms with Gasteiger partial charge in [-0.1, -0.05) is 6.07 Å². The highest BCUT2D eigenvalue weighted by atomic mass is 16.5. The fraction of sp³-hybridized carbons (Fsp3) is 0.182. The molecule has 0 saturated carbocycles. The van der Waals surface area contributed by atoms with E-state index in [4.69, 9.17) is 4.74 Å². The number of aromatic nitrogens is 3. The van der Waals surface area contributed by atoms with Crippen molar-refractivity contribution < 1.29 is 9.53 Å². The fourth-order valence-corrected chi connectivity index (χ4v) is 1.27. The Morgan fingerprint density at radius 2 is 2.31 bits per heavy atom. The van der Waals surface area contributed by atoms with Gasteiger partial charge in [-0.2, -0.15) is 0 Å². The van der Waals surface area contributed by atoms with Crippen LogP contribution >= 0.6 is 0 Å². The molecule has 0 bridgehead atoms. The van der Waals surface area contributed by atoms with E-state index in [1.807, 2.05) is 18.2 Å². The molecule has 0 aromatic carbocycles. The lowest BCUT2D eigenvalue weighted by molar-refractivity contribution is 0.0520. The molecular formula is C11H11N3O2. The molecule has 0 saturated heterocycles. The van der Waals surface area contributed by atoms with E-state index >= 15 is 0 Å². The maximum atomic E-state index is 11.4. The Kier molecular flexibility index (Phi) is 2.95. The van der Waals surface area contributed by atoms with Gasteiger partial charge in [-0.25, -0.2) is 14.8 Å². The van der Waals surface area contributed by atoms with Crippen LogP contribution in [-0.4, -0.2) is 27.1 Å². The Morgan fingerprint density at radius 3 is 3.00 bits per heavy atom. The predicted molar refractivity (Wildman–Crippen MR) is 57.3 cm³/mol. The summed E-state index contributed by atoms with van der Waals surface area (Å²) in [5, 5.41) is 0. The minimum Gasteiger partial charge on any atom is -0.461 e. The highest BCUT2D eigenvalue weighted by Gasteiger charge is 2.10. The molecule has 0 amide bonds. The van der Waals surface area contributed by atoms with Crippen LogP contribution in [0.1, 0.15) is 17.4 Å². The summed E-state index contributed by atoms with van der Waals surface area (Å²) in [6, 6.07) is 5.52. The number of hydrogen-bond donors (Lipinski definition) is 0. The Bertz CT molecular complexity index is 479. The quantitative estimate of drug-likeness (QED) is 0.730. The van der Waals surface area contributed by atoms with E-state index in [9.17, 15) is 4.79 Å². The van der Waals surface area contributed by atoms with Crippen LogP contribution in [0.15, 0.2) is 36.9 Å². The molecule has 0 unspecified atom stereocenters. The number of hydrogen-bond acceptors (Lipinski definition) is 4. The second kappa shape index (κ2) is 4.57. The molecule has 5 nitrogen and oxygen atoms in total. The molecule has 2 heterocycles. The molecular weight excluding hydrogens is 206 g/mol. The summed E-state index contributed by atoms with van der Waals surface area (Å²) in [4.78, 5) is 19.5. The summed E-state index contributed by atoms with van der Waals surface area (Å²) in [5.74, 6) is 0.294. The molecule has 0 fully saturated rings. The van der Waals surface area contributed by atoms with Gasteiger partial charge >= 0.3 is 5.97 Å². The van der Waals surface area contributed by atoms with Crippen molar-refractivity contribution >= 4 is 5.97 Å². The van der Waals surface area contributed by atoms with E-state index in [0.29, 0.717) is 12.4 Å². The Balaban J connectivity index is 2.23. The molecule has 0 atom stereocenters. The number of nitrogens with zero attached hydrogens (tertiary/aromatic N) is 3. The number of carbonyl (C=O) groups excluding carboxylic acids is 1. The number of pyridine rings is 1. The van der Waals surface area contributed by atoms with Gasteiger partial charge in [0.1, 0.15) is 12.1 Å². The van der Waals surface area contributed by atoms with Crippen LogP contribution < -0.4 is 0 Å². The number of rotatable bonds is 3. The summed E-state index contributed by atoms with van der Waals surface area (Å²) in [5.41, 5.74) is 0.285. The molecule has 0 aliphatic rings. The van der Waals surface area contributed by atoms with Crippen molar-refractivity contribution in [3.05, 3.63) is 42.6 Å². The average Bonchev–Trinajstić information content (AvgIpc) is 2.80. The Morgan fingerprint density at radius 1 is 1.44 bits per heavy atom. The van der Waals surface area contributed by atoms with E-state index in [1.54, 1.807) is 23.9 Å². The number of esters is 1. The average molecular weight is 217 g/mol. The standard InChI is InChI=1S/C11H11N3O2/c1-2-16-11(15)9-7-14(8-13-9)10-5-3-4-6-12-10/h3-8H,2H2,1H3. The summed E-state index contributed by atoms with van der Waals surface area (Å²) in [7, 11) is 0. The van der Waals surface area contributed by atoms with Crippen LogP contribution in [0.4, 0.5) is 0 Å². The van der Waals surface area contributed by atoms with Gasteiger partial charge in [0, 0.05) is 12.4 Å². The molecule has 0 spiro atoms. The minimum absolute atomic E-state index is 0.285. The topological polar surface area (TPSA) is 57.0 Å². The third-order valence-electron chi connectivity index (χ3n) is 1.98. The predicted octanol–water partition coefficient (Wildman–Crippen LogP) is 1.44. The van der Waals surface area contributed by atoms with E-state index in [0.717, 1.165) is 0 Å². The molecule has 2 rings (SSSR count). The first-order valence-electron chi connectivity index (χ1n) is 4.93. The van der Waals surface area contributed by atoms with Crippen molar-refractivity contribution in [2.45, 2.75) is 6.92 Å². The van der Waals surface area contributed by atoms with Gasteiger partial charge in [0.05, 0.1) is 6.61 Å². The van der Waals surface area contributed by atoms with Crippen LogP contribution in [0, 0.1) is 0 Å².